The summed E-state index contributed by atoms with van der Waals surface area (Å²) in [6.45, 7) is 1.86. The van der Waals surface area contributed by atoms with Gasteiger partial charge in [-0.1, -0.05) is 0 Å². The lowest BCUT2D eigenvalue weighted by molar-refractivity contribution is -0.145. The summed E-state index contributed by atoms with van der Waals surface area (Å²) in [6, 6.07) is -1.19. The Balaban J connectivity index is 4.17. The molecule has 0 aromatic rings. The minimum atomic E-state index is -1.25. The monoisotopic (exact) mass is 289 g/mol. The van der Waals surface area contributed by atoms with Crippen molar-refractivity contribution in [2.75, 3.05) is 13.7 Å². The van der Waals surface area contributed by atoms with E-state index in [1.807, 2.05) is 0 Å². The summed E-state index contributed by atoms with van der Waals surface area (Å²) in [5.41, 5.74) is 0. The highest BCUT2D eigenvalue weighted by Gasteiger charge is 2.21. The average molecular weight is 289 g/mol. The van der Waals surface area contributed by atoms with Crippen molar-refractivity contribution < 1.29 is 33.8 Å². The van der Waals surface area contributed by atoms with Crippen molar-refractivity contribution >= 4 is 23.8 Å². The van der Waals surface area contributed by atoms with Crippen LogP contribution in [-0.2, 0) is 28.7 Å². The van der Waals surface area contributed by atoms with Crippen LogP contribution in [0.3, 0.4) is 0 Å². The van der Waals surface area contributed by atoms with E-state index in [-0.39, 0.29) is 32.3 Å². The van der Waals surface area contributed by atoms with Crippen LogP contribution in [0.5, 0.6) is 0 Å². The Kier molecular flexibility index (Phi) is 8.73. The second-order valence-corrected chi connectivity index (χ2v) is 3.88. The molecule has 0 aliphatic heterocycles. The Hall–Kier alpha value is -2.12. The molecule has 0 aliphatic rings. The van der Waals surface area contributed by atoms with Gasteiger partial charge in [0.05, 0.1) is 20.1 Å². The number of carbonyl (C=O) groups excluding carboxylic acids is 3. The highest BCUT2D eigenvalue weighted by Crippen LogP contribution is 2.01. The standard InChI is InChI=1S/C12H19NO7/c1-3-20-11(16)7-5-9(14)13-8(12(17)18)4-6-10(15)19-2/h8H,3-7H2,1-2H3,(H,13,14)(H,17,18)/t8-/m0/s1. The van der Waals surface area contributed by atoms with Gasteiger partial charge < -0.3 is 19.9 Å². The number of hydrogen-bond donors (Lipinski definition) is 2. The first-order chi connectivity index (χ1) is 9.40. The predicted molar refractivity (Wildman–Crippen MR) is 66.7 cm³/mol. The summed E-state index contributed by atoms with van der Waals surface area (Å²) >= 11 is 0. The van der Waals surface area contributed by atoms with Crippen molar-refractivity contribution in [2.24, 2.45) is 0 Å². The van der Waals surface area contributed by atoms with Crippen LogP contribution in [0.25, 0.3) is 0 Å². The minimum Gasteiger partial charge on any atom is -0.480 e. The van der Waals surface area contributed by atoms with Crippen LogP contribution in [0, 0.1) is 0 Å². The Morgan fingerprint density at radius 2 is 1.75 bits per heavy atom. The molecule has 0 unspecified atom stereocenters. The first-order valence-corrected chi connectivity index (χ1v) is 6.15. The normalized spacial score (nSPS) is 11.3. The molecule has 0 aromatic heterocycles. The zero-order valence-electron chi connectivity index (χ0n) is 11.5. The Morgan fingerprint density at radius 1 is 1.10 bits per heavy atom. The number of aliphatic carboxylic acids is 1. The molecule has 1 amide bonds. The largest absolute Gasteiger partial charge is 0.480 e. The van der Waals surface area contributed by atoms with Crippen molar-refractivity contribution in [3.63, 3.8) is 0 Å². The fourth-order valence-electron chi connectivity index (χ4n) is 1.34. The summed E-state index contributed by atoms with van der Waals surface area (Å²) in [5.74, 6) is -2.92. The molecule has 0 radical (unpaired) electrons. The Morgan fingerprint density at radius 3 is 2.25 bits per heavy atom. The zero-order valence-corrected chi connectivity index (χ0v) is 11.5. The number of nitrogens with one attached hydrogen (secondary N) is 1. The number of hydrogen-bond acceptors (Lipinski definition) is 6. The number of esters is 2. The fourth-order valence-corrected chi connectivity index (χ4v) is 1.34. The van der Waals surface area contributed by atoms with Crippen LogP contribution >= 0.6 is 0 Å². The van der Waals surface area contributed by atoms with Gasteiger partial charge in [0.25, 0.3) is 0 Å². The van der Waals surface area contributed by atoms with E-state index in [2.05, 4.69) is 14.8 Å². The van der Waals surface area contributed by atoms with Gasteiger partial charge in [0.15, 0.2) is 0 Å². The number of ether oxygens (including phenoxy) is 2. The summed E-state index contributed by atoms with van der Waals surface area (Å²) < 4.78 is 9.03. The summed E-state index contributed by atoms with van der Waals surface area (Å²) in [7, 11) is 1.19. The molecular formula is C12H19NO7. The van der Waals surface area contributed by atoms with Gasteiger partial charge in [-0.05, 0) is 13.3 Å². The maximum atomic E-state index is 11.5. The minimum absolute atomic E-state index is 0.0762. The number of carbonyl (C=O) groups is 4. The topological polar surface area (TPSA) is 119 Å². The van der Waals surface area contributed by atoms with Gasteiger partial charge in [-0.3, -0.25) is 14.4 Å². The molecular weight excluding hydrogens is 270 g/mol. The van der Waals surface area contributed by atoms with Crippen LogP contribution in [0.2, 0.25) is 0 Å². The molecule has 0 saturated carbocycles. The number of carboxylic acids is 1. The molecule has 2 N–H and O–H groups in total. The zero-order chi connectivity index (χ0) is 15.5. The first kappa shape index (κ1) is 17.9. The molecule has 0 saturated heterocycles. The van der Waals surface area contributed by atoms with Crippen molar-refractivity contribution in [3.8, 4) is 0 Å². The Labute approximate surface area is 116 Å². The van der Waals surface area contributed by atoms with Gasteiger partial charge in [0.1, 0.15) is 6.04 Å². The smallest absolute Gasteiger partial charge is 0.326 e. The Bertz CT molecular complexity index is 367. The molecule has 0 fully saturated rings. The molecule has 0 aromatic carbocycles. The molecule has 0 spiro atoms. The number of rotatable bonds is 9. The van der Waals surface area contributed by atoms with E-state index in [1.165, 1.54) is 7.11 Å². The molecule has 20 heavy (non-hydrogen) atoms. The second-order valence-electron chi connectivity index (χ2n) is 3.88. The lowest BCUT2D eigenvalue weighted by Crippen LogP contribution is -2.41. The van der Waals surface area contributed by atoms with Gasteiger partial charge in [-0.25, -0.2) is 4.79 Å². The van der Waals surface area contributed by atoms with Gasteiger partial charge >= 0.3 is 17.9 Å². The number of carboxylic acid groups (broad SMARTS) is 1. The lowest BCUT2D eigenvalue weighted by Gasteiger charge is -2.13. The van der Waals surface area contributed by atoms with Gasteiger partial charge in [0.2, 0.25) is 5.91 Å². The van der Waals surface area contributed by atoms with Crippen LogP contribution < -0.4 is 5.32 Å². The third-order valence-electron chi connectivity index (χ3n) is 2.36. The molecule has 114 valence electrons. The van der Waals surface area contributed by atoms with Gasteiger partial charge in [-0.2, -0.15) is 0 Å². The van der Waals surface area contributed by atoms with E-state index >= 15 is 0 Å². The molecule has 0 bridgehead atoms. The van der Waals surface area contributed by atoms with Crippen LogP contribution in [-0.4, -0.2) is 48.7 Å². The summed E-state index contributed by atoms with van der Waals surface area (Å²) in [4.78, 5) is 44.4. The van der Waals surface area contributed by atoms with E-state index in [9.17, 15) is 19.2 Å². The van der Waals surface area contributed by atoms with Gasteiger partial charge in [0, 0.05) is 12.8 Å². The van der Waals surface area contributed by atoms with E-state index in [0.29, 0.717) is 0 Å². The van der Waals surface area contributed by atoms with Crippen LogP contribution in [0.15, 0.2) is 0 Å². The maximum Gasteiger partial charge on any atom is 0.326 e. The molecule has 0 heterocycles. The summed E-state index contributed by atoms with van der Waals surface area (Å²) in [6.07, 6.45) is -0.484. The third-order valence-corrected chi connectivity index (χ3v) is 2.36. The lowest BCUT2D eigenvalue weighted by atomic mass is 10.1. The van der Waals surface area contributed by atoms with E-state index in [4.69, 9.17) is 5.11 Å². The molecule has 0 rings (SSSR count). The van der Waals surface area contributed by atoms with Crippen LogP contribution in [0.1, 0.15) is 32.6 Å². The van der Waals surface area contributed by atoms with E-state index < -0.39 is 29.9 Å². The third kappa shape index (κ3) is 8.06. The first-order valence-electron chi connectivity index (χ1n) is 6.15. The maximum absolute atomic E-state index is 11.5. The molecule has 8 heteroatoms. The van der Waals surface area contributed by atoms with Crippen LogP contribution in [0.4, 0.5) is 0 Å². The SMILES string of the molecule is CCOC(=O)CCC(=O)N[C@@H](CCC(=O)OC)C(=O)O. The molecule has 0 aliphatic carbocycles. The fraction of sp³-hybridized carbons (Fsp3) is 0.667. The predicted octanol–water partition coefficient (Wildman–Crippen LogP) is -0.148. The van der Waals surface area contributed by atoms with E-state index in [0.717, 1.165) is 0 Å². The van der Waals surface area contributed by atoms with Crippen molar-refractivity contribution in [2.45, 2.75) is 38.6 Å². The summed E-state index contributed by atoms with van der Waals surface area (Å²) in [5, 5.41) is 11.2. The quantitative estimate of drug-likeness (QED) is 0.566. The van der Waals surface area contributed by atoms with Crippen molar-refractivity contribution in [3.05, 3.63) is 0 Å². The average Bonchev–Trinajstić information content (AvgIpc) is 2.40. The molecule has 8 nitrogen and oxygen atoms in total. The van der Waals surface area contributed by atoms with Crippen molar-refractivity contribution in [1.29, 1.82) is 0 Å². The number of methoxy groups -OCH3 is 1. The highest BCUT2D eigenvalue weighted by molar-refractivity contribution is 5.86. The highest BCUT2D eigenvalue weighted by atomic mass is 16.5. The van der Waals surface area contributed by atoms with Gasteiger partial charge in [-0.15, -0.1) is 0 Å². The van der Waals surface area contributed by atoms with E-state index in [1.54, 1.807) is 6.92 Å². The molecule has 1 atom stereocenters. The number of amides is 1. The van der Waals surface area contributed by atoms with Crippen molar-refractivity contribution in [1.82, 2.24) is 5.32 Å². The second kappa shape index (κ2) is 9.76.